The molecule has 2 aromatic rings. The highest BCUT2D eigenvalue weighted by molar-refractivity contribution is 5.65. The maximum atomic E-state index is 5.87. The Labute approximate surface area is 114 Å². The largest absolute Gasteiger partial charge is 0.326 e. The third-order valence-electron chi connectivity index (χ3n) is 3.68. The zero-order valence-electron chi connectivity index (χ0n) is 11.2. The standard InChI is InChI=1S/C16H19N3/c1-12(17)14-8-9-16(18-11-14)19-10-4-6-13-5-2-3-7-15(13)19/h2-3,5,7-9,11-12H,4,6,10,17H2,1H3/t12-/m0/s1. The van der Waals surface area contributed by atoms with Crippen LogP contribution < -0.4 is 10.6 Å². The molecule has 0 amide bonds. The van der Waals surface area contributed by atoms with E-state index in [1.165, 1.54) is 17.7 Å². The van der Waals surface area contributed by atoms with E-state index in [0.29, 0.717) is 0 Å². The van der Waals surface area contributed by atoms with Gasteiger partial charge in [-0.2, -0.15) is 0 Å². The van der Waals surface area contributed by atoms with E-state index in [4.69, 9.17) is 5.73 Å². The lowest BCUT2D eigenvalue weighted by atomic mass is 10.0. The highest BCUT2D eigenvalue weighted by Gasteiger charge is 2.18. The third kappa shape index (κ3) is 2.34. The average Bonchev–Trinajstić information content (AvgIpc) is 2.47. The molecular weight excluding hydrogens is 234 g/mol. The summed E-state index contributed by atoms with van der Waals surface area (Å²) in [4.78, 5) is 6.86. The number of pyridine rings is 1. The van der Waals surface area contributed by atoms with E-state index >= 15 is 0 Å². The first kappa shape index (κ1) is 12.2. The Hall–Kier alpha value is -1.87. The van der Waals surface area contributed by atoms with E-state index in [2.05, 4.69) is 46.3 Å². The molecule has 19 heavy (non-hydrogen) atoms. The number of hydrogen-bond acceptors (Lipinski definition) is 3. The summed E-state index contributed by atoms with van der Waals surface area (Å²) >= 11 is 0. The quantitative estimate of drug-likeness (QED) is 0.893. The van der Waals surface area contributed by atoms with Crippen molar-refractivity contribution < 1.29 is 0 Å². The number of para-hydroxylation sites is 1. The van der Waals surface area contributed by atoms with E-state index < -0.39 is 0 Å². The minimum absolute atomic E-state index is 0.0372. The molecule has 0 saturated carbocycles. The lowest BCUT2D eigenvalue weighted by Crippen LogP contribution is -2.25. The van der Waals surface area contributed by atoms with Crippen molar-refractivity contribution in [2.45, 2.75) is 25.8 Å². The van der Waals surface area contributed by atoms with Gasteiger partial charge in [0.15, 0.2) is 0 Å². The topological polar surface area (TPSA) is 42.1 Å². The van der Waals surface area contributed by atoms with Gasteiger partial charge in [-0.15, -0.1) is 0 Å². The third-order valence-corrected chi connectivity index (χ3v) is 3.68. The van der Waals surface area contributed by atoms with E-state index in [0.717, 1.165) is 24.3 Å². The first-order valence-electron chi connectivity index (χ1n) is 6.82. The van der Waals surface area contributed by atoms with E-state index in [-0.39, 0.29) is 6.04 Å². The van der Waals surface area contributed by atoms with Crippen molar-refractivity contribution in [2.24, 2.45) is 5.73 Å². The number of benzene rings is 1. The van der Waals surface area contributed by atoms with Crippen LogP contribution in [-0.2, 0) is 6.42 Å². The molecule has 98 valence electrons. The van der Waals surface area contributed by atoms with E-state index in [1.807, 2.05) is 13.1 Å². The van der Waals surface area contributed by atoms with Crippen LogP contribution in [0.5, 0.6) is 0 Å². The first-order valence-corrected chi connectivity index (χ1v) is 6.82. The van der Waals surface area contributed by atoms with Crippen LogP contribution in [-0.4, -0.2) is 11.5 Å². The Bertz CT molecular complexity index is 560. The van der Waals surface area contributed by atoms with Gasteiger partial charge in [-0.3, -0.25) is 0 Å². The summed E-state index contributed by atoms with van der Waals surface area (Å²) in [6, 6.07) is 12.8. The first-order chi connectivity index (χ1) is 9.25. The molecule has 1 atom stereocenters. The molecule has 0 fully saturated rings. The number of rotatable bonds is 2. The lowest BCUT2D eigenvalue weighted by Gasteiger charge is -2.30. The Balaban J connectivity index is 1.95. The van der Waals surface area contributed by atoms with Crippen molar-refractivity contribution in [3.8, 4) is 0 Å². The molecule has 1 aliphatic heterocycles. The van der Waals surface area contributed by atoms with Crippen molar-refractivity contribution in [1.29, 1.82) is 0 Å². The van der Waals surface area contributed by atoms with Crippen LogP contribution in [0, 0.1) is 0 Å². The fourth-order valence-electron chi connectivity index (χ4n) is 2.60. The normalized spacial score (nSPS) is 16.0. The number of nitrogens with zero attached hydrogens (tertiary/aromatic N) is 2. The molecule has 0 saturated heterocycles. The van der Waals surface area contributed by atoms with Gasteiger partial charge in [0.25, 0.3) is 0 Å². The number of aromatic nitrogens is 1. The van der Waals surface area contributed by atoms with Gasteiger partial charge in [-0.25, -0.2) is 4.98 Å². The SMILES string of the molecule is C[C@H](N)c1ccc(N2CCCc3ccccc32)nc1. The summed E-state index contributed by atoms with van der Waals surface area (Å²) in [5.41, 5.74) is 9.64. The maximum Gasteiger partial charge on any atom is 0.132 e. The summed E-state index contributed by atoms with van der Waals surface area (Å²) in [5, 5.41) is 0. The molecule has 1 aromatic carbocycles. The van der Waals surface area contributed by atoms with Gasteiger partial charge >= 0.3 is 0 Å². The molecule has 3 nitrogen and oxygen atoms in total. The minimum atomic E-state index is 0.0372. The molecule has 0 bridgehead atoms. The van der Waals surface area contributed by atoms with Crippen LogP contribution in [0.2, 0.25) is 0 Å². The van der Waals surface area contributed by atoms with Crippen molar-refractivity contribution >= 4 is 11.5 Å². The van der Waals surface area contributed by atoms with Gasteiger partial charge in [-0.1, -0.05) is 24.3 Å². The summed E-state index contributed by atoms with van der Waals surface area (Å²) in [6.45, 7) is 3.01. The van der Waals surface area contributed by atoms with E-state index in [1.54, 1.807) is 0 Å². The lowest BCUT2D eigenvalue weighted by molar-refractivity contribution is 0.756. The van der Waals surface area contributed by atoms with Gasteiger partial charge in [0.1, 0.15) is 5.82 Å². The van der Waals surface area contributed by atoms with Crippen LogP contribution in [0.25, 0.3) is 0 Å². The molecule has 2 N–H and O–H groups in total. The van der Waals surface area contributed by atoms with Gasteiger partial charge < -0.3 is 10.6 Å². The molecule has 1 aliphatic rings. The van der Waals surface area contributed by atoms with Gasteiger partial charge in [-0.05, 0) is 43.0 Å². The summed E-state index contributed by atoms with van der Waals surface area (Å²) < 4.78 is 0. The molecule has 1 aromatic heterocycles. The molecule has 2 heterocycles. The van der Waals surface area contributed by atoms with Crippen molar-refractivity contribution in [3.63, 3.8) is 0 Å². The second kappa shape index (κ2) is 5.02. The molecule has 0 aliphatic carbocycles. The predicted molar refractivity (Wildman–Crippen MR) is 78.6 cm³/mol. The smallest absolute Gasteiger partial charge is 0.132 e. The van der Waals surface area contributed by atoms with Crippen LogP contribution in [0.3, 0.4) is 0 Å². The second-order valence-corrected chi connectivity index (χ2v) is 5.12. The van der Waals surface area contributed by atoms with Crippen LogP contribution in [0.15, 0.2) is 42.6 Å². The highest BCUT2D eigenvalue weighted by atomic mass is 15.2. The van der Waals surface area contributed by atoms with Gasteiger partial charge in [0.05, 0.1) is 0 Å². The number of nitrogens with two attached hydrogens (primary N) is 1. The zero-order valence-corrected chi connectivity index (χ0v) is 11.2. The summed E-state index contributed by atoms with van der Waals surface area (Å²) in [7, 11) is 0. The van der Waals surface area contributed by atoms with Crippen LogP contribution in [0.4, 0.5) is 11.5 Å². The number of aryl methyl sites for hydroxylation is 1. The zero-order chi connectivity index (χ0) is 13.2. The van der Waals surface area contributed by atoms with Gasteiger partial charge in [0, 0.05) is 24.5 Å². The van der Waals surface area contributed by atoms with Gasteiger partial charge in [0.2, 0.25) is 0 Å². The molecular formula is C16H19N3. The second-order valence-electron chi connectivity index (χ2n) is 5.12. The monoisotopic (exact) mass is 253 g/mol. The van der Waals surface area contributed by atoms with Crippen LogP contribution in [0.1, 0.15) is 30.5 Å². The fourth-order valence-corrected chi connectivity index (χ4v) is 2.60. The van der Waals surface area contributed by atoms with E-state index in [9.17, 15) is 0 Å². The number of fused-ring (bicyclic) bond motifs is 1. The molecule has 0 unspecified atom stereocenters. The van der Waals surface area contributed by atoms with Crippen LogP contribution >= 0.6 is 0 Å². The maximum absolute atomic E-state index is 5.87. The Morgan fingerprint density at radius 2 is 2.05 bits per heavy atom. The van der Waals surface area contributed by atoms with Crippen molar-refractivity contribution in [2.75, 3.05) is 11.4 Å². The average molecular weight is 253 g/mol. The summed E-state index contributed by atoms with van der Waals surface area (Å²) in [5.74, 6) is 1.01. The molecule has 3 heteroatoms. The molecule has 3 rings (SSSR count). The Morgan fingerprint density at radius 1 is 1.21 bits per heavy atom. The van der Waals surface area contributed by atoms with Crippen molar-refractivity contribution in [1.82, 2.24) is 4.98 Å². The predicted octanol–water partition coefficient (Wildman–Crippen LogP) is 3.19. The van der Waals surface area contributed by atoms with Crippen molar-refractivity contribution in [3.05, 3.63) is 53.7 Å². The molecule has 0 spiro atoms. The highest BCUT2D eigenvalue weighted by Crippen LogP contribution is 2.32. The molecule has 0 radical (unpaired) electrons. The minimum Gasteiger partial charge on any atom is -0.326 e. The number of anilines is 2. The summed E-state index contributed by atoms with van der Waals surface area (Å²) in [6.07, 6.45) is 4.22. The Morgan fingerprint density at radius 3 is 2.79 bits per heavy atom. The number of hydrogen-bond donors (Lipinski definition) is 1. The Kier molecular flexibility index (Phi) is 3.22. The fraction of sp³-hybridized carbons (Fsp3) is 0.312.